The largest absolute Gasteiger partial charge is 0.436 e. The minimum Gasteiger partial charge on any atom is -0.436 e. The highest BCUT2D eigenvalue weighted by Crippen LogP contribution is 2.27. The molecule has 4 heteroatoms. The van der Waals surface area contributed by atoms with E-state index >= 15 is 0 Å². The Kier molecular flexibility index (Phi) is 4.24. The summed E-state index contributed by atoms with van der Waals surface area (Å²) in [5.41, 5.74) is 3.55. The fourth-order valence-electron chi connectivity index (χ4n) is 2.97. The van der Waals surface area contributed by atoms with Crippen LogP contribution >= 0.6 is 0 Å². The van der Waals surface area contributed by atoms with Crippen LogP contribution < -0.4 is 5.32 Å². The second kappa shape index (κ2) is 6.72. The van der Waals surface area contributed by atoms with Gasteiger partial charge in [0.1, 0.15) is 5.52 Å². The molecular weight excluding hydrogens is 336 g/mol. The molecule has 0 atom stereocenters. The highest BCUT2D eigenvalue weighted by Gasteiger charge is 2.29. The van der Waals surface area contributed by atoms with Crippen molar-refractivity contribution in [3.8, 4) is 11.5 Å². The van der Waals surface area contributed by atoms with Crippen molar-refractivity contribution in [3.05, 3.63) is 84.4 Å². The van der Waals surface area contributed by atoms with E-state index in [1.54, 1.807) is 0 Å². The van der Waals surface area contributed by atoms with E-state index in [0.717, 1.165) is 27.9 Å². The topological polar surface area (TPSA) is 55.1 Å². The van der Waals surface area contributed by atoms with Gasteiger partial charge in [-0.2, -0.15) is 0 Å². The van der Waals surface area contributed by atoms with Gasteiger partial charge in [0.2, 0.25) is 11.8 Å². The summed E-state index contributed by atoms with van der Waals surface area (Å²) in [4.78, 5) is 17.3. The fourth-order valence-corrected chi connectivity index (χ4v) is 2.97. The molecule has 0 aliphatic rings. The maximum absolute atomic E-state index is 12.8. The average Bonchev–Trinajstić information content (AvgIpc) is 3.13. The van der Waals surface area contributed by atoms with Gasteiger partial charge in [-0.25, -0.2) is 4.98 Å². The number of para-hydroxylation sites is 2. The number of carbonyl (C=O) groups is 1. The van der Waals surface area contributed by atoms with Crippen LogP contribution in [0.3, 0.4) is 0 Å². The second-order valence-electron chi connectivity index (χ2n) is 7.01. The summed E-state index contributed by atoms with van der Waals surface area (Å²) in [5.74, 6) is 0.516. The summed E-state index contributed by atoms with van der Waals surface area (Å²) in [6, 6.07) is 25.0. The highest BCUT2D eigenvalue weighted by atomic mass is 16.3. The summed E-state index contributed by atoms with van der Waals surface area (Å²) in [7, 11) is 0. The van der Waals surface area contributed by atoms with E-state index in [2.05, 4.69) is 10.3 Å². The lowest BCUT2D eigenvalue weighted by Crippen LogP contribution is -2.34. The van der Waals surface area contributed by atoms with Crippen LogP contribution in [0.25, 0.3) is 22.6 Å². The van der Waals surface area contributed by atoms with Crippen LogP contribution in [0.2, 0.25) is 0 Å². The number of anilines is 1. The molecule has 1 aromatic heterocycles. The first-order valence-corrected chi connectivity index (χ1v) is 8.87. The first-order chi connectivity index (χ1) is 13.0. The van der Waals surface area contributed by atoms with Crippen LogP contribution in [-0.2, 0) is 10.2 Å². The van der Waals surface area contributed by atoms with Gasteiger partial charge in [0.05, 0.1) is 5.41 Å². The maximum Gasteiger partial charge on any atom is 0.234 e. The fraction of sp³-hybridized carbons (Fsp3) is 0.130. The van der Waals surface area contributed by atoms with Gasteiger partial charge in [-0.3, -0.25) is 4.79 Å². The number of nitrogens with zero attached hydrogens (tertiary/aromatic N) is 1. The van der Waals surface area contributed by atoms with E-state index in [0.29, 0.717) is 5.89 Å². The molecule has 1 N–H and O–H groups in total. The van der Waals surface area contributed by atoms with Gasteiger partial charge in [-0.05, 0) is 55.8 Å². The first kappa shape index (κ1) is 17.0. The monoisotopic (exact) mass is 356 g/mol. The highest BCUT2D eigenvalue weighted by molar-refractivity contribution is 5.98. The molecule has 0 fully saturated rings. The SMILES string of the molecule is CC(C)(C(=O)Nc1ccc(-c2nc3ccccc3o2)cc1)c1ccccc1. The lowest BCUT2D eigenvalue weighted by atomic mass is 9.83. The van der Waals surface area contributed by atoms with E-state index in [9.17, 15) is 4.79 Å². The predicted octanol–water partition coefficient (Wildman–Crippen LogP) is 5.41. The minimum absolute atomic E-state index is 0.0525. The van der Waals surface area contributed by atoms with Crippen molar-refractivity contribution in [3.63, 3.8) is 0 Å². The van der Waals surface area contributed by atoms with E-state index in [4.69, 9.17) is 4.42 Å². The van der Waals surface area contributed by atoms with Crippen molar-refractivity contribution in [1.82, 2.24) is 4.98 Å². The van der Waals surface area contributed by atoms with Gasteiger partial charge >= 0.3 is 0 Å². The van der Waals surface area contributed by atoms with E-state index in [1.807, 2.05) is 92.7 Å². The summed E-state index contributed by atoms with van der Waals surface area (Å²) < 4.78 is 5.79. The molecule has 1 heterocycles. The molecule has 27 heavy (non-hydrogen) atoms. The third-order valence-electron chi connectivity index (χ3n) is 4.75. The van der Waals surface area contributed by atoms with Gasteiger partial charge in [0.25, 0.3) is 0 Å². The minimum atomic E-state index is -0.625. The Bertz CT molecular complexity index is 1050. The zero-order valence-electron chi connectivity index (χ0n) is 15.3. The lowest BCUT2D eigenvalue weighted by molar-refractivity contribution is -0.120. The Labute approximate surface area is 157 Å². The molecule has 0 aliphatic carbocycles. The number of hydrogen-bond donors (Lipinski definition) is 1. The molecule has 134 valence electrons. The van der Waals surface area contributed by atoms with Crippen LogP contribution in [0.5, 0.6) is 0 Å². The van der Waals surface area contributed by atoms with Crippen LogP contribution in [0.4, 0.5) is 5.69 Å². The molecular formula is C23H20N2O2. The average molecular weight is 356 g/mol. The third kappa shape index (κ3) is 3.34. The zero-order chi connectivity index (χ0) is 18.9. The third-order valence-corrected chi connectivity index (χ3v) is 4.75. The van der Waals surface area contributed by atoms with Gasteiger partial charge in [0, 0.05) is 11.3 Å². The zero-order valence-corrected chi connectivity index (χ0v) is 15.3. The number of hydrogen-bond acceptors (Lipinski definition) is 3. The number of benzene rings is 3. The lowest BCUT2D eigenvalue weighted by Gasteiger charge is -2.24. The smallest absolute Gasteiger partial charge is 0.234 e. The molecule has 1 amide bonds. The molecule has 0 saturated heterocycles. The summed E-state index contributed by atoms with van der Waals surface area (Å²) in [6.45, 7) is 3.84. The number of amides is 1. The summed E-state index contributed by atoms with van der Waals surface area (Å²) >= 11 is 0. The molecule has 4 nitrogen and oxygen atoms in total. The number of nitrogens with one attached hydrogen (secondary N) is 1. The van der Waals surface area contributed by atoms with E-state index < -0.39 is 5.41 Å². The van der Waals surface area contributed by atoms with Crippen molar-refractivity contribution in [2.75, 3.05) is 5.32 Å². The standard InChI is InChI=1S/C23H20N2O2/c1-23(2,17-8-4-3-5-9-17)22(26)24-18-14-12-16(13-15-18)21-25-19-10-6-7-11-20(19)27-21/h3-15H,1-2H3,(H,24,26). The van der Waals surface area contributed by atoms with Crippen LogP contribution in [0.1, 0.15) is 19.4 Å². The van der Waals surface area contributed by atoms with Crippen LogP contribution in [0, 0.1) is 0 Å². The Hall–Kier alpha value is -3.40. The van der Waals surface area contributed by atoms with Gasteiger partial charge in [-0.1, -0.05) is 42.5 Å². The van der Waals surface area contributed by atoms with Crippen LogP contribution in [-0.4, -0.2) is 10.9 Å². The summed E-state index contributed by atoms with van der Waals surface area (Å²) in [6.07, 6.45) is 0. The molecule has 0 saturated carbocycles. The molecule has 3 aromatic carbocycles. The Morgan fingerprint density at radius 2 is 1.56 bits per heavy atom. The molecule has 4 aromatic rings. The molecule has 0 spiro atoms. The van der Waals surface area contributed by atoms with Crippen molar-refractivity contribution in [2.45, 2.75) is 19.3 Å². The van der Waals surface area contributed by atoms with E-state index in [1.165, 1.54) is 0 Å². The van der Waals surface area contributed by atoms with E-state index in [-0.39, 0.29) is 5.91 Å². The molecule has 0 aliphatic heterocycles. The second-order valence-corrected chi connectivity index (χ2v) is 7.01. The van der Waals surface area contributed by atoms with Crippen molar-refractivity contribution in [1.29, 1.82) is 0 Å². The Morgan fingerprint density at radius 1 is 0.889 bits per heavy atom. The normalized spacial score (nSPS) is 11.5. The number of aromatic nitrogens is 1. The first-order valence-electron chi connectivity index (χ1n) is 8.87. The Balaban J connectivity index is 1.53. The van der Waals surface area contributed by atoms with Crippen molar-refractivity contribution in [2.24, 2.45) is 0 Å². The molecule has 4 rings (SSSR count). The maximum atomic E-state index is 12.8. The number of oxazole rings is 1. The molecule has 0 unspecified atom stereocenters. The summed E-state index contributed by atoms with van der Waals surface area (Å²) in [5, 5.41) is 3.00. The Morgan fingerprint density at radius 3 is 2.26 bits per heavy atom. The van der Waals surface area contributed by atoms with Gasteiger partial charge in [-0.15, -0.1) is 0 Å². The van der Waals surface area contributed by atoms with Gasteiger partial charge in [0.15, 0.2) is 5.58 Å². The number of rotatable bonds is 4. The predicted molar refractivity (Wildman–Crippen MR) is 108 cm³/mol. The number of fused-ring (bicyclic) bond motifs is 1. The molecule has 0 bridgehead atoms. The van der Waals surface area contributed by atoms with Gasteiger partial charge < -0.3 is 9.73 Å². The quantitative estimate of drug-likeness (QED) is 0.532. The number of carbonyl (C=O) groups excluding carboxylic acids is 1. The molecule has 0 radical (unpaired) electrons. The van der Waals surface area contributed by atoms with Crippen molar-refractivity contribution < 1.29 is 9.21 Å². The van der Waals surface area contributed by atoms with Crippen LogP contribution in [0.15, 0.2) is 83.3 Å². The van der Waals surface area contributed by atoms with Crippen molar-refractivity contribution >= 4 is 22.7 Å².